The summed E-state index contributed by atoms with van der Waals surface area (Å²) >= 11 is 3.32. The lowest BCUT2D eigenvalue weighted by molar-refractivity contribution is 0.358. The standard InChI is InChI=1S/C12H19BrN2O2S/c1-10-5-6-12(11(13)9-10)18(16,17)15(4)8-7-14(2)3/h5-6,9H,7-8H2,1-4H3. The van der Waals surface area contributed by atoms with Gasteiger partial charge in [0.15, 0.2) is 0 Å². The van der Waals surface area contributed by atoms with E-state index in [1.807, 2.05) is 32.0 Å². The first-order chi connectivity index (χ1) is 8.25. The smallest absolute Gasteiger partial charge is 0.243 e. The molecule has 102 valence electrons. The minimum absolute atomic E-state index is 0.314. The molecule has 0 aliphatic carbocycles. The molecule has 0 saturated carbocycles. The Morgan fingerprint density at radius 2 is 1.78 bits per heavy atom. The molecule has 0 N–H and O–H groups in total. The van der Waals surface area contributed by atoms with Crippen molar-refractivity contribution in [1.29, 1.82) is 0 Å². The maximum atomic E-state index is 12.4. The molecule has 0 fully saturated rings. The van der Waals surface area contributed by atoms with Crippen LogP contribution in [-0.2, 0) is 10.0 Å². The van der Waals surface area contributed by atoms with Gasteiger partial charge in [0.1, 0.15) is 0 Å². The van der Waals surface area contributed by atoms with Crippen molar-refractivity contribution in [3.05, 3.63) is 28.2 Å². The number of aryl methyl sites for hydroxylation is 1. The Kier molecular flexibility index (Phi) is 5.33. The van der Waals surface area contributed by atoms with Crippen molar-refractivity contribution in [2.24, 2.45) is 0 Å². The molecule has 1 rings (SSSR count). The van der Waals surface area contributed by atoms with Gasteiger partial charge in [0, 0.05) is 24.6 Å². The molecule has 0 spiro atoms. The predicted octanol–water partition coefficient (Wildman–Crippen LogP) is 1.94. The highest BCUT2D eigenvalue weighted by molar-refractivity contribution is 9.10. The van der Waals surface area contributed by atoms with Gasteiger partial charge in [0.05, 0.1) is 4.90 Å². The van der Waals surface area contributed by atoms with Gasteiger partial charge in [0.2, 0.25) is 10.0 Å². The van der Waals surface area contributed by atoms with Crippen molar-refractivity contribution in [2.75, 3.05) is 34.2 Å². The Morgan fingerprint density at radius 1 is 1.17 bits per heavy atom. The number of halogens is 1. The van der Waals surface area contributed by atoms with Gasteiger partial charge in [-0.15, -0.1) is 0 Å². The van der Waals surface area contributed by atoms with Gasteiger partial charge in [-0.2, -0.15) is 4.31 Å². The predicted molar refractivity (Wildman–Crippen MR) is 77.2 cm³/mol. The van der Waals surface area contributed by atoms with Crippen molar-refractivity contribution < 1.29 is 8.42 Å². The van der Waals surface area contributed by atoms with Crippen LogP contribution < -0.4 is 0 Å². The molecular weight excluding hydrogens is 316 g/mol. The van der Waals surface area contributed by atoms with Gasteiger partial charge in [-0.3, -0.25) is 0 Å². The highest BCUT2D eigenvalue weighted by atomic mass is 79.9. The summed E-state index contributed by atoms with van der Waals surface area (Å²) in [5.74, 6) is 0. The topological polar surface area (TPSA) is 40.6 Å². The molecule has 0 saturated heterocycles. The molecular formula is C12H19BrN2O2S. The zero-order chi connectivity index (χ0) is 13.9. The van der Waals surface area contributed by atoms with Crippen LogP contribution in [0.25, 0.3) is 0 Å². The van der Waals surface area contributed by atoms with Crippen LogP contribution >= 0.6 is 15.9 Å². The van der Waals surface area contributed by atoms with Crippen LogP contribution in [-0.4, -0.2) is 51.9 Å². The highest BCUT2D eigenvalue weighted by Crippen LogP contribution is 2.25. The van der Waals surface area contributed by atoms with Crippen molar-refractivity contribution in [3.8, 4) is 0 Å². The first kappa shape index (κ1) is 15.6. The second-order valence-corrected chi connectivity index (χ2v) is 7.43. The van der Waals surface area contributed by atoms with E-state index < -0.39 is 10.0 Å². The lowest BCUT2D eigenvalue weighted by Gasteiger charge is -2.20. The fourth-order valence-corrected chi connectivity index (χ4v) is 3.75. The normalized spacial score (nSPS) is 12.4. The van der Waals surface area contributed by atoms with Crippen LogP contribution in [0.4, 0.5) is 0 Å². The Hall–Kier alpha value is -0.430. The first-order valence-corrected chi connectivity index (χ1v) is 7.85. The van der Waals surface area contributed by atoms with Crippen molar-refractivity contribution in [1.82, 2.24) is 9.21 Å². The van der Waals surface area contributed by atoms with E-state index in [4.69, 9.17) is 0 Å². The fraction of sp³-hybridized carbons (Fsp3) is 0.500. The van der Waals surface area contributed by atoms with Gasteiger partial charge >= 0.3 is 0 Å². The largest absolute Gasteiger partial charge is 0.308 e. The number of benzene rings is 1. The number of nitrogens with zero attached hydrogens (tertiary/aromatic N) is 2. The molecule has 0 unspecified atom stereocenters. The molecule has 4 nitrogen and oxygen atoms in total. The molecule has 0 aromatic heterocycles. The summed E-state index contributed by atoms with van der Waals surface area (Å²) < 4.78 is 26.7. The third kappa shape index (κ3) is 3.78. The van der Waals surface area contributed by atoms with Crippen LogP contribution in [0, 0.1) is 6.92 Å². The SMILES string of the molecule is Cc1ccc(S(=O)(=O)N(C)CCN(C)C)c(Br)c1. The Morgan fingerprint density at radius 3 is 2.28 bits per heavy atom. The quantitative estimate of drug-likeness (QED) is 0.826. The Bertz CT molecular complexity index is 515. The number of hydrogen-bond acceptors (Lipinski definition) is 3. The van der Waals surface area contributed by atoms with E-state index in [2.05, 4.69) is 15.9 Å². The summed E-state index contributed by atoms with van der Waals surface area (Å²) in [6, 6.07) is 5.25. The highest BCUT2D eigenvalue weighted by Gasteiger charge is 2.22. The fourth-order valence-electron chi connectivity index (χ4n) is 1.44. The molecule has 0 bridgehead atoms. The van der Waals surface area contributed by atoms with Crippen LogP contribution in [0.15, 0.2) is 27.6 Å². The summed E-state index contributed by atoms with van der Waals surface area (Å²) in [6.45, 7) is 3.09. The zero-order valence-electron chi connectivity index (χ0n) is 11.1. The van der Waals surface area contributed by atoms with E-state index in [1.54, 1.807) is 19.2 Å². The average molecular weight is 335 g/mol. The van der Waals surface area contributed by atoms with Gasteiger partial charge < -0.3 is 4.90 Å². The average Bonchev–Trinajstić information content (AvgIpc) is 2.24. The molecule has 0 radical (unpaired) electrons. The van der Waals surface area contributed by atoms with Crippen molar-refractivity contribution in [2.45, 2.75) is 11.8 Å². The summed E-state index contributed by atoms with van der Waals surface area (Å²) in [5.41, 5.74) is 1.02. The third-order valence-electron chi connectivity index (χ3n) is 2.64. The monoisotopic (exact) mass is 334 g/mol. The second kappa shape index (κ2) is 6.14. The summed E-state index contributed by atoms with van der Waals surface area (Å²) in [6.07, 6.45) is 0. The number of sulfonamides is 1. The van der Waals surface area contributed by atoms with Crippen LogP contribution in [0.2, 0.25) is 0 Å². The number of rotatable bonds is 5. The zero-order valence-corrected chi connectivity index (χ0v) is 13.5. The Balaban J connectivity index is 2.98. The van der Waals surface area contributed by atoms with Gasteiger partial charge in [-0.25, -0.2) is 8.42 Å². The van der Waals surface area contributed by atoms with Crippen LogP contribution in [0.3, 0.4) is 0 Å². The maximum Gasteiger partial charge on any atom is 0.243 e. The van der Waals surface area contributed by atoms with Crippen molar-refractivity contribution in [3.63, 3.8) is 0 Å². The Labute approximate surface area is 118 Å². The number of hydrogen-bond donors (Lipinski definition) is 0. The van der Waals surface area contributed by atoms with E-state index in [9.17, 15) is 8.42 Å². The number of likely N-dealkylation sites (N-methyl/N-ethyl adjacent to an activating group) is 2. The minimum atomic E-state index is -3.42. The summed E-state index contributed by atoms with van der Waals surface area (Å²) in [4.78, 5) is 2.27. The van der Waals surface area contributed by atoms with Gasteiger partial charge in [0.25, 0.3) is 0 Å². The molecule has 6 heteroatoms. The van der Waals surface area contributed by atoms with E-state index >= 15 is 0 Å². The third-order valence-corrected chi connectivity index (χ3v) is 5.47. The molecule has 1 aromatic rings. The molecule has 0 heterocycles. The first-order valence-electron chi connectivity index (χ1n) is 5.62. The summed E-state index contributed by atoms with van der Waals surface area (Å²) in [5, 5.41) is 0. The van der Waals surface area contributed by atoms with E-state index in [1.165, 1.54) is 4.31 Å². The molecule has 0 aliphatic heterocycles. The molecule has 18 heavy (non-hydrogen) atoms. The van der Waals surface area contributed by atoms with Crippen LogP contribution in [0.1, 0.15) is 5.56 Å². The van der Waals surface area contributed by atoms with E-state index in [0.29, 0.717) is 22.5 Å². The maximum absolute atomic E-state index is 12.4. The molecule has 0 aliphatic rings. The van der Waals surface area contributed by atoms with Gasteiger partial charge in [-0.1, -0.05) is 6.07 Å². The summed E-state index contributed by atoms with van der Waals surface area (Å²) in [7, 11) is 2.02. The molecule has 1 aromatic carbocycles. The minimum Gasteiger partial charge on any atom is -0.308 e. The van der Waals surface area contributed by atoms with Gasteiger partial charge in [-0.05, 0) is 54.6 Å². The lowest BCUT2D eigenvalue weighted by Crippen LogP contribution is -2.33. The molecule has 0 atom stereocenters. The second-order valence-electron chi connectivity index (χ2n) is 4.56. The van der Waals surface area contributed by atoms with E-state index in [-0.39, 0.29) is 0 Å². The van der Waals surface area contributed by atoms with Crippen molar-refractivity contribution >= 4 is 26.0 Å². The van der Waals surface area contributed by atoms with E-state index in [0.717, 1.165) is 5.56 Å². The molecule has 0 amide bonds. The lowest BCUT2D eigenvalue weighted by atomic mass is 10.2. The van der Waals surface area contributed by atoms with Crippen LogP contribution in [0.5, 0.6) is 0 Å².